The van der Waals surface area contributed by atoms with Crippen molar-refractivity contribution in [3.63, 3.8) is 0 Å². The number of ketones is 1. The van der Waals surface area contributed by atoms with Gasteiger partial charge in [-0.2, -0.15) is 0 Å². The second-order valence-electron chi connectivity index (χ2n) is 5.39. The number of carbonyl (C=O) groups is 1. The van der Waals surface area contributed by atoms with Gasteiger partial charge in [0.05, 0.1) is 6.04 Å². The lowest BCUT2D eigenvalue weighted by Crippen LogP contribution is -2.35. The molecule has 1 aromatic rings. The molecule has 0 amide bonds. The molecule has 20 heavy (non-hydrogen) atoms. The lowest BCUT2D eigenvalue weighted by Gasteiger charge is -2.20. The Bertz CT molecular complexity index is 430. The number of halogens is 1. The van der Waals surface area contributed by atoms with Crippen molar-refractivity contribution >= 4 is 18.2 Å². The number of nitrogens with zero attached hydrogens (tertiary/aromatic N) is 2. The van der Waals surface area contributed by atoms with E-state index in [4.69, 9.17) is 14.9 Å². The van der Waals surface area contributed by atoms with E-state index in [2.05, 4.69) is 10.2 Å². The number of ether oxygens (including phenoxy) is 1. The van der Waals surface area contributed by atoms with Gasteiger partial charge in [-0.15, -0.1) is 22.6 Å². The molecule has 0 saturated carbocycles. The quantitative estimate of drug-likeness (QED) is 0.831. The van der Waals surface area contributed by atoms with Crippen LogP contribution < -0.4 is 5.73 Å². The van der Waals surface area contributed by atoms with Crippen LogP contribution in [0.5, 0.6) is 0 Å². The maximum atomic E-state index is 12.0. The maximum Gasteiger partial charge on any atom is 0.285 e. The van der Waals surface area contributed by atoms with Crippen LogP contribution in [0.2, 0.25) is 0 Å². The zero-order valence-electron chi connectivity index (χ0n) is 11.9. The molecular weight excluding hydrogens is 282 g/mol. The Morgan fingerprint density at radius 2 is 2.00 bits per heavy atom. The van der Waals surface area contributed by atoms with Gasteiger partial charge < -0.3 is 14.9 Å². The third-order valence-corrected chi connectivity index (χ3v) is 3.50. The first-order valence-electron chi connectivity index (χ1n) is 6.78. The number of aromatic nitrogens is 2. The van der Waals surface area contributed by atoms with E-state index in [1.807, 2.05) is 13.8 Å². The van der Waals surface area contributed by atoms with Gasteiger partial charge in [-0.3, -0.25) is 4.79 Å². The largest absolute Gasteiger partial charge is 0.418 e. The van der Waals surface area contributed by atoms with Crippen molar-refractivity contribution in [2.45, 2.75) is 39.2 Å². The monoisotopic (exact) mass is 303 g/mol. The standard InChI is InChI=1S/C13H21N3O3.ClH/c1-8(2)11(14)12(17)13-16-15-10(19-13)7-9-3-5-18-6-4-9;/h8-9,11H,3-7,14H2,1-2H3;1H. The van der Waals surface area contributed by atoms with Crippen LogP contribution in [0.4, 0.5) is 0 Å². The van der Waals surface area contributed by atoms with Crippen LogP contribution >= 0.6 is 12.4 Å². The van der Waals surface area contributed by atoms with Crippen LogP contribution in [0.15, 0.2) is 4.42 Å². The molecule has 2 rings (SSSR count). The second-order valence-corrected chi connectivity index (χ2v) is 5.39. The Hall–Kier alpha value is -0.980. The third-order valence-electron chi connectivity index (χ3n) is 3.50. The minimum atomic E-state index is -0.587. The summed E-state index contributed by atoms with van der Waals surface area (Å²) in [4.78, 5) is 12.0. The third kappa shape index (κ3) is 4.26. The van der Waals surface area contributed by atoms with Gasteiger partial charge in [0.25, 0.3) is 5.89 Å². The molecule has 0 bridgehead atoms. The molecule has 2 heterocycles. The van der Waals surface area contributed by atoms with E-state index < -0.39 is 6.04 Å². The van der Waals surface area contributed by atoms with E-state index in [1.165, 1.54) is 0 Å². The lowest BCUT2D eigenvalue weighted by molar-refractivity contribution is 0.0644. The highest BCUT2D eigenvalue weighted by atomic mass is 35.5. The summed E-state index contributed by atoms with van der Waals surface area (Å²) in [6, 6.07) is -0.587. The van der Waals surface area contributed by atoms with E-state index in [9.17, 15) is 4.79 Å². The highest BCUT2D eigenvalue weighted by molar-refractivity contribution is 5.95. The molecule has 6 nitrogen and oxygen atoms in total. The van der Waals surface area contributed by atoms with Crippen LogP contribution in [0.3, 0.4) is 0 Å². The number of rotatable bonds is 5. The fraction of sp³-hybridized carbons (Fsp3) is 0.769. The van der Waals surface area contributed by atoms with Crippen molar-refractivity contribution in [3.8, 4) is 0 Å². The summed E-state index contributed by atoms with van der Waals surface area (Å²) in [5, 5.41) is 7.75. The molecule has 7 heteroatoms. The Labute approximate surface area is 124 Å². The van der Waals surface area contributed by atoms with Gasteiger partial charge >= 0.3 is 0 Å². The molecule has 0 spiro atoms. The Kier molecular flexibility index (Phi) is 6.58. The van der Waals surface area contributed by atoms with Gasteiger partial charge in [0.2, 0.25) is 11.7 Å². The summed E-state index contributed by atoms with van der Waals surface area (Å²) >= 11 is 0. The molecule has 2 N–H and O–H groups in total. The summed E-state index contributed by atoms with van der Waals surface area (Å²) in [6.07, 6.45) is 2.70. The van der Waals surface area contributed by atoms with E-state index in [0.29, 0.717) is 18.2 Å². The highest BCUT2D eigenvalue weighted by Gasteiger charge is 2.25. The molecule has 1 atom stereocenters. The molecule has 1 saturated heterocycles. The van der Waals surface area contributed by atoms with E-state index in [-0.39, 0.29) is 30.0 Å². The summed E-state index contributed by atoms with van der Waals surface area (Å²) in [7, 11) is 0. The van der Waals surface area contributed by atoms with Crippen molar-refractivity contribution in [2.75, 3.05) is 13.2 Å². The zero-order chi connectivity index (χ0) is 13.8. The van der Waals surface area contributed by atoms with Crippen molar-refractivity contribution < 1.29 is 13.9 Å². The minimum Gasteiger partial charge on any atom is -0.418 e. The van der Waals surface area contributed by atoms with E-state index in [0.717, 1.165) is 26.1 Å². The molecule has 1 aliphatic rings. The Morgan fingerprint density at radius 3 is 2.60 bits per heavy atom. The number of nitrogens with two attached hydrogens (primary N) is 1. The van der Waals surface area contributed by atoms with Crippen molar-refractivity contribution in [2.24, 2.45) is 17.6 Å². The first-order valence-corrected chi connectivity index (χ1v) is 6.78. The normalized spacial score (nSPS) is 17.8. The predicted octanol–water partition coefficient (Wildman–Crippen LogP) is 1.63. The molecule has 1 aliphatic heterocycles. The van der Waals surface area contributed by atoms with E-state index in [1.54, 1.807) is 0 Å². The van der Waals surface area contributed by atoms with Crippen LogP contribution in [-0.4, -0.2) is 35.2 Å². The molecule has 1 unspecified atom stereocenters. The molecule has 114 valence electrons. The van der Waals surface area contributed by atoms with E-state index >= 15 is 0 Å². The zero-order valence-corrected chi connectivity index (χ0v) is 12.7. The van der Waals surface area contributed by atoms with Gasteiger partial charge in [0.1, 0.15) is 0 Å². The average molecular weight is 304 g/mol. The molecule has 0 aliphatic carbocycles. The Morgan fingerprint density at radius 1 is 1.35 bits per heavy atom. The minimum absolute atomic E-state index is 0. The number of Topliss-reactive ketones (excluding diaryl/α,β-unsaturated/α-hetero) is 1. The molecule has 1 fully saturated rings. The van der Waals surface area contributed by atoms with Crippen LogP contribution in [-0.2, 0) is 11.2 Å². The maximum absolute atomic E-state index is 12.0. The molecule has 0 radical (unpaired) electrons. The first-order chi connectivity index (χ1) is 9.08. The van der Waals surface area contributed by atoms with Gasteiger partial charge in [0, 0.05) is 19.6 Å². The van der Waals surface area contributed by atoms with Gasteiger partial charge in [-0.05, 0) is 24.7 Å². The predicted molar refractivity (Wildman–Crippen MR) is 75.9 cm³/mol. The topological polar surface area (TPSA) is 91.2 Å². The summed E-state index contributed by atoms with van der Waals surface area (Å²) in [5.74, 6) is 0.824. The second kappa shape index (κ2) is 7.71. The smallest absolute Gasteiger partial charge is 0.285 e. The van der Waals surface area contributed by atoms with Crippen LogP contribution in [0, 0.1) is 11.8 Å². The van der Waals surface area contributed by atoms with Gasteiger partial charge in [0.15, 0.2) is 0 Å². The van der Waals surface area contributed by atoms with Crippen LogP contribution in [0.25, 0.3) is 0 Å². The van der Waals surface area contributed by atoms with Crippen LogP contribution in [0.1, 0.15) is 43.3 Å². The lowest BCUT2D eigenvalue weighted by atomic mass is 9.97. The number of carbonyl (C=O) groups excluding carboxylic acids is 1. The number of hydrogen-bond acceptors (Lipinski definition) is 6. The van der Waals surface area contributed by atoms with Crippen molar-refractivity contribution in [3.05, 3.63) is 11.8 Å². The summed E-state index contributed by atoms with van der Waals surface area (Å²) in [5.41, 5.74) is 5.79. The van der Waals surface area contributed by atoms with Gasteiger partial charge in [-0.1, -0.05) is 13.8 Å². The number of hydrogen-bond donors (Lipinski definition) is 1. The first kappa shape index (κ1) is 17.1. The molecular formula is C13H22ClN3O3. The average Bonchev–Trinajstić information content (AvgIpc) is 2.86. The molecule has 1 aromatic heterocycles. The summed E-state index contributed by atoms with van der Waals surface area (Å²) in [6.45, 7) is 5.34. The molecule has 0 aromatic carbocycles. The highest BCUT2D eigenvalue weighted by Crippen LogP contribution is 2.19. The fourth-order valence-electron chi connectivity index (χ4n) is 2.08. The summed E-state index contributed by atoms with van der Waals surface area (Å²) < 4.78 is 10.7. The van der Waals surface area contributed by atoms with Crippen molar-refractivity contribution in [1.29, 1.82) is 0 Å². The SMILES string of the molecule is CC(C)C(N)C(=O)c1nnc(CC2CCOCC2)o1.Cl. The van der Waals surface area contributed by atoms with Gasteiger partial charge in [-0.25, -0.2) is 0 Å². The Balaban J connectivity index is 0.00000200. The fourth-order valence-corrected chi connectivity index (χ4v) is 2.08. The van der Waals surface area contributed by atoms with Crippen molar-refractivity contribution in [1.82, 2.24) is 10.2 Å².